The Bertz CT molecular complexity index is 892. The molecule has 0 atom stereocenters. The van der Waals surface area contributed by atoms with E-state index in [9.17, 15) is 4.39 Å². The van der Waals surface area contributed by atoms with Crippen molar-refractivity contribution in [3.8, 4) is 0 Å². The SMILES string of the molecule is CN(Cc1ccc(N2CCOCC2)cc1)c1nnc(Cc2ccc(F)cc2)s1. The molecule has 2 heterocycles. The third-order valence-electron chi connectivity index (χ3n) is 4.78. The summed E-state index contributed by atoms with van der Waals surface area (Å²) in [7, 11) is 2.03. The number of hydrogen-bond acceptors (Lipinski definition) is 6. The lowest BCUT2D eigenvalue weighted by Gasteiger charge is -2.29. The molecule has 4 rings (SSSR count). The normalized spacial score (nSPS) is 14.3. The first-order chi connectivity index (χ1) is 13.7. The number of anilines is 2. The van der Waals surface area contributed by atoms with Gasteiger partial charge in [0.05, 0.1) is 13.2 Å². The lowest BCUT2D eigenvalue weighted by atomic mass is 10.2. The summed E-state index contributed by atoms with van der Waals surface area (Å²) in [6, 6.07) is 15.2. The molecule has 1 aliphatic heterocycles. The van der Waals surface area contributed by atoms with Gasteiger partial charge in [0.15, 0.2) is 0 Å². The molecule has 1 fully saturated rings. The maximum absolute atomic E-state index is 13.0. The summed E-state index contributed by atoms with van der Waals surface area (Å²) < 4.78 is 18.4. The van der Waals surface area contributed by atoms with E-state index in [2.05, 4.69) is 44.3 Å². The fourth-order valence-corrected chi connectivity index (χ4v) is 4.06. The first-order valence-electron chi connectivity index (χ1n) is 9.37. The molecular weight excluding hydrogens is 375 g/mol. The Hall–Kier alpha value is -2.51. The van der Waals surface area contributed by atoms with Crippen LogP contribution in [0, 0.1) is 5.82 Å². The van der Waals surface area contributed by atoms with Gasteiger partial charge in [-0.1, -0.05) is 35.6 Å². The molecule has 28 heavy (non-hydrogen) atoms. The van der Waals surface area contributed by atoms with Gasteiger partial charge in [-0.15, -0.1) is 10.2 Å². The van der Waals surface area contributed by atoms with Crippen LogP contribution >= 0.6 is 11.3 Å². The van der Waals surface area contributed by atoms with Crippen molar-refractivity contribution < 1.29 is 9.13 Å². The Morgan fingerprint density at radius 3 is 2.39 bits per heavy atom. The average molecular weight is 399 g/mol. The average Bonchev–Trinajstić information content (AvgIpc) is 3.20. The summed E-state index contributed by atoms with van der Waals surface area (Å²) in [4.78, 5) is 4.46. The minimum absolute atomic E-state index is 0.221. The van der Waals surface area contributed by atoms with E-state index < -0.39 is 0 Å². The molecule has 2 aromatic carbocycles. The monoisotopic (exact) mass is 398 g/mol. The fraction of sp³-hybridized carbons (Fsp3) is 0.333. The van der Waals surface area contributed by atoms with E-state index in [1.54, 1.807) is 23.5 Å². The molecule has 0 spiro atoms. The molecule has 5 nitrogen and oxygen atoms in total. The molecule has 146 valence electrons. The molecule has 0 unspecified atom stereocenters. The van der Waals surface area contributed by atoms with Gasteiger partial charge < -0.3 is 14.5 Å². The highest BCUT2D eigenvalue weighted by molar-refractivity contribution is 7.15. The zero-order valence-corrected chi connectivity index (χ0v) is 16.7. The van der Waals surface area contributed by atoms with Gasteiger partial charge >= 0.3 is 0 Å². The van der Waals surface area contributed by atoms with Crippen molar-refractivity contribution in [1.82, 2.24) is 10.2 Å². The van der Waals surface area contributed by atoms with Crippen LogP contribution < -0.4 is 9.80 Å². The van der Waals surface area contributed by atoms with Crippen molar-refractivity contribution in [2.24, 2.45) is 0 Å². The van der Waals surface area contributed by atoms with Crippen LogP contribution in [0.5, 0.6) is 0 Å². The second kappa shape index (κ2) is 8.67. The van der Waals surface area contributed by atoms with Gasteiger partial charge in [-0.05, 0) is 35.4 Å². The molecule has 0 bridgehead atoms. The highest BCUT2D eigenvalue weighted by Gasteiger charge is 2.13. The summed E-state index contributed by atoms with van der Waals surface area (Å²) in [6.45, 7) is 4.25. The molecule has 0 saturated carbocycles. The predicted octanol–water partition coefficient (Wildman–Crippen LogP) is 3.74. The molecule has 3 aromatic rings. The van der Waals surface area contributed by atoms with Crippen molar-refractivity contribution in [2.75, 3.05) is 43.2 Å². The number of hydrogen-bond donors (Lipinski definition) is 0. The Kier molecular flexibility index (Phi) is 5.83. The maximum Gasteiger partial charge on any atom is 0.208 e. The third kappa shape index (κ3) is 4.66. The Labute approximate surface area is 168 Å². The van der Waals surface area contributed by atoms with E-state index >= 15 is 0 Å². The van der Waals surface area contributed by atoms with Crippen LogP contribution in [0.25, 0.3) is 0 Å². The van der Waals surface area contributed by atoms with Gasteiger partial charge in [0, 0.05) is 38.8 Å². The third-order valence-corrected chi connectivity index (χ3v) is 5.82. The second-order valence-electron chi connectivity index (χ2n) is 6.90. The number of halogens is 1. The smallest absolute Gasteiger partial charge is 0.208 e. The lowest BCUT2D eigenvalue weighted by molar-refractivity contribution is 0.122. The minimum atomic E-state index is -0.221. The van der Waals surface area contributed by atoms with E-state index in [1.165, 1.54) is 23.4 Å². The molecule has 0 N–H and O–H groups in total. The first kappa shape index (κ1) is 18.8. The van der Waals surface area contributed by atoms with Gasteiger partial charge in [-0.2, -0.15) is 0 Å². The predicted molar refractivity (Wildman–Crippen MR) is 111 cm³/mol. The number of rotatable bonds is 6. The maximum atomic E-state index is 13.0. The molecule has 0 amide bonds. The molecule has 1 aliphatic rings. The van der Waals surface area contributed by atoms with Gasteiger partial charge in [0.25, 0.3) is 0 Å². The van der Waals surface area contributed by atoms with Crippen molar-refractivity contribution in [3.05, 3.63) is 70.5 Å². The van der Waals surface area contributed by atoms with E-state index in [4.69, 9.17) is 4.74 Å². The van der Waals surface area contributed by atoms with Crippen LogP contribution in [0.4, 0.5) is 15.2 Å². The van der Waals surface area contributed by atoms with Gasteiger partial charge in [0.2, 0.25) is 5.13 Å². The fourth-order valence-electron chi connectivity index (χ4n) is 3.22. The molecule has 0 radical (unpaired) electrons. The number of nitrogens with zero attached hydrogens (tertiary/aromatic N) is 4. The summed E-state index contributed by atoms with van der Waals surface area (Å²) in [6.07, 6.45) is 0.667. The van der Waals surface area contributed by atoms with Crippen LogP contribution in [0.2, 0.25) is 0 Å². The Balaban J connectivity index is 1.36. The van der Waals surface area contributed by atoms with Crippen molar-refractivity contribution in [3.63, 3.8) is 0 Å². The van der Waals surface area contributed by atoms with Crippen LogP contribution in [0.15, 0.2) is 48.5 Å². The quantitative estimate of drug-likeness (QED) is 0.633. The number of morpholine rings is 1. The van der Waals surface area contributed by atoms with E-state index in [1.807, 2.05) is 7.05 Å². The van der Waals surface area contributed by atoms with Gasteiger partial charge in [0.1, 0.15) is 10.8 Å². The highest BCUT2D eigenvalue weighted by Crippen LogP contribution is 2.24. The lowest BCUT2D eigenvalue weighted by Crippen LogP contribution is -2.36. The molecular formula is C21H23FN4OS. The molecule has 1 aromatic heterocycles. The second-order valence-corrected chi connectivity index (χ2v) is 7.94. The summed E-state index contributed by atoms with van der Waals surface area (Å²) >= 11 is 1.57. The minimum Gasteiger partial charge on any atom is -0.378 e. The Morgan fingerprint density at radius 1 is 1.00 bits per heavy atom. The number of benzene rings is 2. The van der Waals surface area contributed by atoms with Gasteiger partial charge in [-0.25, -0.2) is 4.39 Å². The summed E-state index contributed by atoms with van der Waals surface area (Å²) in [5.74, 6) is -0.221. The van der Waals surface area contributed by atoms with E-state index in [0.717, 1.165) is 48.6 Å². The number of aromatic nitrogens is 2. The Morgan fingerprint density at radius 2 is 1.68 bits per heavy atom. The van der Waals surface area contributed by atoms with Crippen LogP contribution in [0.3, 0.4) is 0 Å². The molecule has 7 heteroatoms. The standard InChI is InChI=1S/C21H23FN4OS/c1-25(15-17-4-8-19(9-5-17)26-10-12-27-13-11-26)21-24-23-20(28-21)14-16-2-6-18(22)7-3-16/h2-9H,10-15H2,1H3. The first-order valence-corrected chi connectivity index (χ1v) is 10.2. The van der Waals surface area contributed by atoms with Crippen LogP contribution in [-0.4, -0.2) is 43.5 Å². The summed E-state index contributed by atoms with van der Waals surface area (Å²) in [5, 5.41) is 10.4. The van der Waals surface area contributed by atoms with Crippen molar-refractivity contribution >= 4 is 22.2 Å². The zero-order chi connectivity index (χ0) is 19.3. The van der Waals surface area contributed by atoms with Crippen molar-refractivity contribution in [2.45, 2.75) is 13.0 Å². The van der Waals surface area contributed by atoms with E-state index in [-0.39, 0.29) is 5.82 Å². The zero-order valence-electron chi connectivity index (χ0n) is 15.8. The molecule has 1 saturated heterocycles. The highest BCUT2D eigenvalue weighted by atomic mass is 32.1. The van der Waals surface area contributed by atoms with E-state index in [0.29, 0.717) is 6.42 Å². The van der Waals surface area contributed by atoms with Gasteiger partial charge in [-0.3, -0.25) is 0 Å². The largest absolute Gasteiger partial charge is 0.378 e. The van der Waals surface area contributed by atoms with Crippen LogP contribution in [0.1, 0.15) is 16.1 Å². The van der Waals surface area contributed by atoms with Crippen LogP contribution in [-0.2, 0) is 17.7 Å². The number of ether oxygens (including phenoxy) is 1. The topological polar surface area (TPSA) is 41.5 Å². The molecule has 0 aliphatic carbocycles. The summed E-state index contributed by atoms with van der Waals surface area (Å²) in [5.41, 5.74) is 3.51. The van der Waals surface area contributed by atoms with Crippen molar-refractivity contribution in [1.29, 1.82) is 0 Å².